The first kappa shape index (κ1) is 28.6. The van der Waals surface area contributed by atoms with Crippen molar-refractivity contribution in [1.82, 2.24) is 4.90 Å². The minimum atomic E-state index is -0.240. The number of likely N-dealkylation sites (N-methyl/N-ethyl adjacent to an activating group) is 1. The maximum atomic E-state index is 15.2. The third-order valence-corrected chi connectivity index (χ3v) is 8.16. The second-order valence-electron chi connectivity index (χ2n) is 10.9. The Morgan fingerprint density at radius 1 is 0.949 bits per heavy atom. The highest BCUT2D eigenvalue weighted by Gasteiger charge is 2.22. The minimum Gasteiger partial charge on any atom is -0.492 e. The third kappa shape index (κ3) is 7.81. The smallest absolute Gasteiger partial charge is 0.245 e. The van der Waals surface area contributed by atoms with Gasteiger partial charge in [0.25, 0.3) is 0 Å². The molecule has 3 aromatic rings. The number of hydrogen-bond donors (Lipinski definition) is 0. The van der Waals surface area contributed by atoms with Crippen molar-refractivity contribution >= 4 is 5.91 Å². The number of nitrogens with zero attached hydrogens (tertiary/aromatic N) is 1. The molecule has 0 spiro atoms. The van der Waals surface area contributed by atoms with E-state index < -0.39 is 0 Å². The predicted molar refractivity (Wildman–Crippen MR) is 159 cm³/mol. The summed E-state index contributed by atoms with van der Waals surface area (Å²) in [5.41, 5.74) is 4.71. The Morgan fingerprint density at radius 3 is 2.26 bits per heavy atom. The summed E-state index contributed by atoms with van der Waals surface area (Å²) in [5, 5.41) is 0. The molecule has 206 valence electrons. The number of ether oxygens (including phenoxy) is 1. The van der Waals surface area contributed by atoms with E-state index in [9.17, 15) is 4.79 Å². The monoisotopic (exact) mass is 527 g/mol. The molecule has 0 N–H and O–H groups in total. The number of unbranched alkanes of at least 4 members (excludes halogenated alkanes) is 2. The number of carbonyl (C=O) groups excluding carboxylic acids is 1. The second kappa shape index (κ2) is 14.1. The van der Waals surface area contributed by atoms with E-state index in [1.54, 1.807) is 18.0 Å². The molecule has 39 heavy (non-hydrogen) atoms. The highest BCUT2D eigenvalue weighted by Crippen LogP contribution is 2.38. The standard InChI is InChI=1S/C35H42FNO2/c1-4-6-7-8-26-9-11-27(12-10-26)28-13-15-29(16-14-28)31-19-22-33(34(36)25-31)30-17-20-32(21-18-30)39-24-23-37(3)35(38)5-2/h5,13-22,25-27H,2,4,6-12,23-24H2,1,3H3. The molecule has 1 fully saturated rings. The molecule has 1 amide bonds. The van der Waals surface area contributed by atoms with Crippen LogP contribution < -0.4 is 4.74 Å². The van der Waals surface area contributed by atoms with Gasteiger partial charge in [0.2, 0.25) is 5.91 Å². The average Bonchev–Trinajstić information content (AvgIpc) is 2.97. The Balaban J connectivity index is 1.33. The lowest BCUT2D eigenvalue weighted by molar-refractivity contribution is -0.125. The fraction of sp³-hybridized carbons (Fsp3) is 0.400. The van der Waals surface area contributed by atoms with Gasteiger partial charge in [-0.05, 0) is 84.0 Å². The van der Waals surface area contributed by atoms with Crippen LogP contribution in [-0.2, 0) is 4.79 Å². The molecule has 1 saturated carbocycles. The van der Waals surface area contributed by atoms with Gasteiger partial charge in [0.1, 0.15) is 18.2 Å². The number of halogens is 1. The van der Waals surface area contributed by atoms with Gasteiger partial charge in [0.15, 0.2) is 0 Å². The van der Waals surface area contributed by atoms with Crippen molar-refractivity contribution in [2.24, 2.45) is 5.92 Å². The van der Waals surface area contributed by atoms with Crippen LogP contribution in [0.25, 0.3) is 22.3 Å². The molecule has 0 aromatic heterocycles. The summed E-state index contributed by atoms with van der Waals surface area (Å²) in [4.78, 5) is 13.1. The van der Waals surface area contributed by atoms with Gasteiger partial charge < -0.3 is 9.64 Å². The summed E-state index contributed by atoms with van der Waals surface area (Å²) in [6.07, 6.45) is 12.0. The Bertz CT molecular complexity index is 1210. The van der Waals surface area contributed by atoms with Crippen molar-refractivity contribution in [2.45, 2.75) is 64.2 Å². The molecule has 1 aliphatic carbocycles. The van der Waals surface area contributed by atoms with E-state index in [0.717, 1.165) is 22.6 Å². The normalized spacial score (nSPS) is 17.0. The van der Waals surface area contributed by atoms with E-state index >= 15 is 4.39 Å². The predicted octanol–water partition coefficient (Wildman–Crippen LogP) is 9.04. The Kier molecular flexibility index (Phi) is 10.4. The maximum absolute atomic E-state index is 15.2. The van der Waals surface area contributed by atoms with Gasteiger partial charge in [-0.1, -0.05) is 87.7 Å². The summed E-state index contributed by atoms with van der Waals surface area (Å²) >= 11 is 0. The van der Waals surface area contributed by atoms with Gasteiger partial charge in [-0.3, -0.25) is 4.79 Å². The fourth-order valence-electron chi connectivity index (χ4n) is 5.64. The molecule has 0 atom stereocenters. The molecule has 1 aliphatic rings. The summed E-state index contributed by atoms with van der Waals surface area (Å²) in [6.45, 7) is 6.60. The van der Waals surface area contributed by atoms with Crippen LogP contribution in [0.1, 0.15) is 69.8 Å². The van der Waals surface area contributed by atoms with Crippen LogP contribution in [0.4, 0.5) is 4.39 Å². The van der Waals surface area contributed by atoms with E-state index in [0.29, 0.717) is 30.4 Å². The molecule has 0 aliphatic heterocycles. The van der Waals surface area contributed by atoms with E-state index in [4.69, 9.17) is 4.74 Å². The van der Waals surface area contributed by atoms with Crippen LogP contribution >= 0.6 is 0 Å². The molecular formula is C35H42FNO2. The van der Waals surface area contributed by atoms with Crippen molar-refractivity contribution in [2.75, 3.05) is 20.2 Å². The second-order valence-corrected chi connectivity index (χ2v) is 10.9. The molecule has 0 radical (unpaired) electrons. The summed E-state index contributed by atoms with van der Waals surface area (Å²) in [5.74, 6) is 1.87. The molecule has 3 aromatic carbocycles. The average molecular weight is 528 g/mol. The van der Waals surface area contributed by atoms with Gasteiger partial charge in [-0.15, -0.1) is 0 Å². The summed E-state index contributed by atoms with van der Waals surface area (Å²) < 4.78 is 20.9. The number of carbonyl (C=O) groups is 1. The number of rotatable bonds is 12. The van der Waals surface area contributed by atoms with Crippen LogP contribution in [0.2, 0.25) is 0 Å². The van der Waals surface area contributed by atoms with Crippen molar-refractivity contribution in [3.8, 4) is 28.0 Å². The molecule has 0 heterocycles. The zero-order chi connectivity index (χ0) is 27.6. The Morgan fingerprint density at radius 2 is 1.62 bits per heavy atom. The van der Waals surface area contributed by atoms with Crippen LogP contribution in [0.3, 0.4) is 0 Å². The first-order valence-corrected chi connectivity index (χ1v) is 14.5. The first-order valence-electron chi connectivity index (χ1n) is 14.5. The topological polar surface area (TPSA) is 29.5 Å². The quantitative estimate of drug-likeness (QED) is 0.174. The van der Waals surface area contributed by atoms with E-state index in [-0.39, 0.29) is 11.7 Å². The van der Waals surface area contributed by atoms with Crippen LogP contribution in [0, 0.1) is 11.7 Å². The molecule has 4 heteroatoms. The van der Waals surface area contributed by atoms with E-state index in [2.05, 4.69) is 37.8 Å². The highest BCUT2D eigenvalue weighted by atomic mass is 19.1. The molecular weight excluding hydrogens is 485 g/mol. The molecule has 0 saturated heterocycles. The number of benzene rings is 3. The SMILES string of the molecule is C=CC(=O)N(C)CCOc1ccc(-c2ccc(-c3ccc(C4CCC(CCCCC)CC4)cc3)cc2F)cc1. The molecule has 0 bridgehead atoms. The zero-order valence-electron chi connectivity index (χ0n) is 23.5. The Labute approximate surface area is 233 Å². The van der Waals surface area contributed by atoms with E-state index in [1.165, 1.54) is 63.0 Å². The van der Waals surface area contributed by atoms with Crippen molar-refractivity contribution in [3.05, 3.63) is 90.8 Å². The number of hydrogen-bond acceptors (Lipinski definition) is 2. The lowest BCUT2D eigenvalue weighted by Crippen LogP contribution is -2.29. The Hall–Kier alpha value is -3.40. The fourth-order valence-corrected chi connectivity index (χ4v) is 5.64. The van der Waals surface area contributed by atoms with Gasteiger partial charge in [0, 0.05) is 12.6 Å². The van der Waals surface area contributed by atoms with Crippen LogP contribution in [-0.4, -0.2) is 31.0 Å². The van der Waals surface area contributed by atoms with Gasteiger partial charge in [-0.2, -0.15) is 0 Å². The summed E-state index contributed by atoms with van der Waals surface area (Å²) in [6, 6.07) is 21.6. The maximum Gasteiger partial charge on any atom is 0.245 e. The zero-order valence-corrected chi connectivity index (χ0v) is 23.5. The minimum absolute atomic E-state index is 0.140. The lowest BCUT2D eigenvalue weighted by Gasteiger charge is -2.29. The molecule has 0 unspecified atom stereocenters. The van der Waals surface area contributed by atoms with Crippen molar-refractivity contribution < 1.29 is 13.9 Å². The third-order valence-electron chi connectivity index (χ3n) is 8.16. The summed E-state index contributed by atoms with van der Waals surface area (Å²) in [7, 11) is 1.71. The largest absolute Gasteiger partial charge is 0.492 e. The van der Waals surface area contributed by atoms with Crippen molar-refractivity contribution in [1.29, 1.82) is 0 Å². The lowest BCUT2D eigenvalue weighted by atomic mass is 9.77. The van der Waals surface area contributed by atoms with E-state index in [1.807, 2.05) is 36.4 Å². The van der Waals surface area contributed by atoms with Crippen molar-refractivity contribution in [3.63, 3.8) is 0 Å². The van der Waals surface area contributed by atoms with Gasteiger partial charge >= 0.3 is 0 Å². The molecule has 3 nitrogen and oxygen atoms in total. The van der Waals surface area contributed by atoms with Crippen LogP contribution in [0.15, 0.2) is 79.4 Å². The van der Waals surface area contributed by atoms with Gasteiger partial charge in [-0.25, -0.2) is 4.39 Å². The molecule has 4 rings (SSSR count). The number of amides is 1. The highest BCUT2D eigenvalue weighted by molar-refractivity contribution is 5.86. The first-order chi connectivity index (χ1) is 19.0. The van der Waals surface area contributed by atoms with Crippen LogP contribution in [0.5, 0.6) is 5.75 Å². The van der Waals surface area contributed by atoms with Gasteiger partial charge in [0.05, 0.1) is 6.54 Å².